The summed E-state index contributed by atoms with van der Waals surface area (Å²) in [7, 11) is 0. The number of ether oxygens (including phenoxy) is 1. The Morgan fingerprint density at radius 2 is 1.90 bits per heavy atom. The topological polar surface area (TPSA) is 38.5 Å². The van der Waals surface area contributed by atoms with Crippen molar-refractivity contribution in [3.8, 4) is 5.75 Å². The fourth-order valence-corrected chi connectivity index (χ4v) is 2.71. The molecule has 1 aromatic carbocycles. The molecule has 0 saturated carbocycles. The Balaban J connectivity index is 2.68. The second-order valence-electron chi connectivity index (χ2n) is 5.28. The first-order valence-corrected chi connectivity index (χ1v) is 8.01. The van der Waals surface area contributed by atoms with E-state index >= 15 is 0 Å². The van der Waals surface area contributed by atoms with Gasteiger partial charge >= 0.3 is 0 Å². The maximum Gasteiger partial charge on any atom is 0.129 e. The van der Waals surface area contributed by atoms with Gasteiger partial charge in [-0.25, -0.2) is 0 Å². The van der Waals surface area contributed by atoms with E-state index in [1.54, 1.807) is 0 Å². The first-order valence-electron chi connectivity index (χ1n) is 6.80. The van der Waals surface area contributed by atoms with Crippen molar-refractivity contribution in [2.24, 2.45) is 5.73 Å². The van der Waals surface area contributed by atoms with Gasteiger partial charge in [0.05, 0.1) is 5.56 Å². The van der Waals surface area contributed by atoms with Gasteiger partial charge in [0.1, 0.15) is 17.3 Å². The normalized spacial score (nSPS) is 11.4. The van der Waals surface area contributed by atoms with E-state index in [0.29, 0.717) is 23.7 Å². The van der Waals surface area contributed by atoms with Gasteiger partial charge in [-0.05, 0) is 45.9 Å². The third-order valence-electron chi connectivity index (χ3n) is 3.14. The fraction of sp³-hybridized carbons (Fsp3) is 0.533. The Hall–Kier alpha value is -0.650. The smallest absolute Gasteiger partial charge is 0.129 e. The number of hydrogen-bond acceptors (Lipinski definition) is 3. The maximum absolute atomic E-state index is 5.85. The van der Waals surface area contributed by atoms with Crippen LogP contribution in [0.4, 0.5) is 0 Å². The van der Waals surface area contributed by atoms with Crippen LogP contribution in [0.2, 0.25) is 0 Å². The van der Waals surface area contributed by atoms with E-state index < -0.39 is 0 Å². The van der Waals surface area contributed by atoms with Crippen LogP contribution < -0.4 is 10.5 Å². The molecule has 0 radical (unpaired) electrons. The van der Waals surface area contributed by atoms with Gasteiger partial charge in [0.15, 0.2) is 0 Å². The second kappa shape index (κ2) is 7.96. The minimum Gasteiger partial charge on any atom is -0.492 e. The summed E-state index contributed by atoms with van der Waals surface area (Å²) < 4.78 is 6.80. The summed E-state index contributed by atoms with van der Waals surface area (Å²) in [5.74, 6) is 0.744. The number of nitrogens with zero attached hydrogens (tertiary/aromatic N) is 1. The maximum atomic E-state index is 5.85. The Morgan fingerprint density at radius 1 is 1.30 bits per heavy atom. The van der Waals surface area contributed by atoms with Gasteiger partial charge in [-0.2, -0.15) is 0 Å². The molecule has 0 aliphatic carbocycles. The van der Waals surface area contributed by atoms with Crippen molar-refractivity contribution in [2.45, 2.75) is 39.8 Å². The quantitative estimate of drug-likeness (QED) is 0.756. The van der Waals surface area contributed by atoms with Crippen molar-refractivity contribution in [1.29, 1.82) is 0 Å². The zero-order chi connectivity index (χ0) is 15.3. The highest BCUT2D eigenvalue weighted by Gasteiger charge is 2.14. The highest BCUT2D eigenvalue weighted by molar-refractivity contribution is 9.10. The molecule has 0 bridgehead atoms. The molecule has 0 atom stereocenters. The lowest BCUT2D eigenvalue weighted by atomic mass is 10.2. The molecule has 0 aromatic heterocycles. The van der Waals surface area contributed by atoms with Gasteiger partial charge < -0.3 is 10.5 Å². The van der Waals surface area contributed by atoms with Crippen LogP contribution in [0.25, 0.3) is 0 Å². The zero-order valence-corrected chi connectivity index (χ0v) is 14.9. The number of nitrogens with two attached hydrogens (primary N) is 1. The lowest BCUT2D eigenvalue weighted by Gasteiger charge is -2.30. The van der Waals surface area contributed by atoms with Crippen LogP contribution in [0.1, 0.15) is 33.3 Å². The van der Waals surface area contributed by atoms with Crippen LogP contribution in [0, 0.1) is 0 Å². The van der Waals surface area contributed by atoms with Crippen LogP contribution >= 0.6 is 28.1 Å². The minimum absolute atomic E-state index is 0.353. The number of benzene rings is 1. The van der Waals surface area contributed by atoms with Crippen LogP contribution in [0.5, 0.6) is 5.75 Å². The third-order valence-corrected chi connectivity index (χ3v) is 3.85. The van der Waals surface area contributed by atoms with Crippen LogP contribution in [0.15, 0.2) is 22.7 Å². The lowest BCUT2D eigenvalue weighted by molar-refractivity contribution is 0.142. The molecule has 2 N–H and O–H groups in total. The molecule has 5 heteroatoms. The summed E-state index contributed by atoms with van der Waals surface area (Å²) in [6.07, 6.45) is 0. The van der Waals surface area contributed by atoms with Gasteiger partial charge in [0.2, 0.25) is 0 Å². The zero-order valence-electron chi connectivity index (χ0n) is 12.5. The minimum atomic E-state index is 0.353. The molecule has 0 amide bonds. The first-order chi connectivity index (χ1) is 9.32. The predicted molar refractivity (Wildman–Crippen MR) is 92.5 cm³/mol. The van der Waals surface area contributed by atoms with Crippen molar-refractivity contribution < 1.29 is 4.74 Å². The number of halogens is 1. The van der Waals surface area contributed by atoms with E-state index in [0.717, 1.165) is 22.3 Å². The molecule has 0 unspecified atom stereocenters. The summed E-state index contributed by atoms with van der Waals surface area (Å²) in [4.78, 5) is 2.74. The summed E-state index contributed by atoms with van der Waals surface area (Å²) in [6.45, 7) is 10.3. The summed E-state index contributed by atoms with van der Waals surface area (Å²) in [6, 6.07) is 6.71. The van der Waals surface area contributed by atoms with Crippen molar-refractivity contribution in [3.63, 3.8) is 0 Å². The Labute approximate surface area is 135 Å². The molecular formula is C15H23BrN2OS. The van der Waals surface area contributed by atoms with Crippen molar-refractivity contribution in [2.75, 3.05) is 13.2 Å². The van der Waals surface area contributed by atoms with Gasteiger partial charge in [-0.3, -0.25) is 4.90 Å². The van der Waals surface area contributed by atoms with Gasteiger partial charge in [-0.1, -0.05) is 28.1 Å². The molecule has 0 heterocycles. The molecule has 20 heavy (non-hydrogen) atoms. The Morgan fingerprint density at radius 3 is 2.40 bits per heavy atom. The standard InChI is InChI=1S/C15H23BrN2OS/c1-10(2)18(11(3)4)7-8-19-14-6-5-12(16)9-13(14)15(17)20/h5-6,9-11H,7-8H2,1-4H3,(H2,17,20). The van der Waals surface area contributed by atoms with Crippen LogP contribution in [-0.2, 0) is 0 Å². The monoisotopic (exact) mass is 358 g/mol. The summed E-state index contributed by atoms with van der Waals surface area (Å²) >= 11 is 8.48. The molecule has 0 aliphatic rings. The Bertz CT molecular complexity index is 455. The molecule has 0 aliphatic heterocycles. The Kier molecular flexibility index (Phi) is 6.92. The van der Waals surface area contributed by atoms with E-state index in [9.17, 15) is 0 Å². The highest BCUT2D eigenvalue weighted by Crippen LogP contribution is 2.23. The van der Waals surface area contributed by atoms with Crippen molar-refractivity contribution >= 4 is 33.1 Å². The van der Waals surface area contributed by atoms with Crippen LogP contribution in [0.3, 0.4) is 0 Å². The van der Waals surface area contributed by atoms with E-state index in [2.05, 4.69) is 48.5 Å². The lowest BCUT2D eigenvalue weighted by Crippen LogP contribution is -2.39. The average molecular weight is 359 g/mol. The van der Waals surface area contributed by atoms with Gasteiger partial charge in [0.25, 0.3) is 0 Å². The molecular weight excluding hydrogens is 336 g/mol. The molecule has 0 saturated heterocycles. The second-order valence-corrected chi connectivity index (χ2v) is 6.63. The molecule has 112 valence electrons. The molecule has 1 aromatic rings. The first kappa shape index (κ1) is 17.4. The predicted octanol–water partition coefficient (Wildman–Crippen LogP) is 3.58. The third kappa shape index (κ3) is 5.04. The summed E-state index contributed by atoms with van der Waals surface area (Å²) in [5, 5.41) is 0. The molecule has 1 rings (SSSR count). The number of hydrogen-bond donors (Lipinski definition) is 1. The van der Waals surface area contributed by atoms with E-state index in [4.69, 9.17) is 22.7 Å². The van der Waals surface area contributed by atoms with E-state index in [-0.39, 0.29) is 0 Å². The number of thiocarbonyl (C=S) groups is 1. The average Bonchev–Trinajstić information content (AvgIpc) is 2.34. The van der Waals surface area contributed by atoms with Crippen molar-refractivity contribution in [1.82, 2.24) is 4.90 Å². The van der Waals surface area contributed by atoms with Crippen molar-refractivity contribution in [3.05, 3.63) is 28.2 Å². The number of rotatable bonds is 7. The molecule has 3 nitrogen and oxygen atoms in total. The molecule has 0 fully saturated rings. The van der Waals surface area contributed by atoms with E-state index in [1.807, 2.05) is 18.2 Å². The van der Waals surface area contributed by atoms with Gasteiger partial charge in [0, 0.05) is 23.1 Å². The fourth-order valence-electron chi connectivity index (χ4n) is 2.19. The van der Waals surface area contributed by atoms with Crippen LogP contribution in [-0.4, -0.2) is 35.1 Å². The summed E-state index contributed by atoms with van der Waals surface area (Å²) in [5.41, 5.74) is 6.50. The van der Waals surface area contributed by atoms with Gasteiger partial charge in [-0.15, -0.1) is 0 Å². The largest absolute Gasteiger partial charge is 0.492 e. The highest BCUT2D eigenvalue weighted by atomic mass is 79.9. The molecule has 0 spiro atoms. The van der Waals surface area contributed by atoms with E-state index in [1.165, 1.54) is 0 Å². The SMILES string of the molecule is CC(C)N(CCOc1ccc(Br)cc1C(N)=S)C(C)C.